The highest BCUT2D eigenvalue weighted by atomic mass is 16.3. The zero-order chi connectivity index (χ0) is 36.9. The van der Waals surface area contributed by atoms with E-state index in [-0.39, 0.29) is 5.41 Å². The molecule has 3 heteroatoms. The fraction of sp³-hybridized carbons (Fsp3) is 0.0566. The zero-order valence-electron chi connectivity index (χ0n) is 31.0. The van der Waals surface area contributed by atoms with Crippen LogP contribution in [-0.2, 0) is 5.41 Å². The highest BCUT2D eigenvalue weighted by Gasteiger charge is 2.36. The monoisotopic (exact) mass is 714 g/mol. The van der Waals surface area contributed by atoms with Gasteiger partial charge in [0.05, 0.1) is 22.1 Å². The summed E-state index contributed by atoms with van der Waals surface area (Å²) < 4.78 is 11.2. The molecular formula is C53H34N2O. The Morgan fingerprint density at radius 3 is 1.64 bits per heavy atom. The van der Waals surface area contributed by atoms with Crippen LogP contribution in [0.2, 0.25) is 0 Å². The van der Waals surface area contributed by atoms with Crippen LogP contribution in [0.15, 0.2) is 174 Å². The Balaban J connectivity index is 1.04. The van der Waals surface area contributed by atoms with Gasteiger partial charge in [-0.3, -0.25) is 0 Å². The highest BCUT2D eigenvalue weighted by molar-refractivity contribution is 6.23. The summed E-state index contributed by atoms with van der Waals surface area (Å²) in [5, 5.41) is 12.4. The fourth-order valence-corrected chi connectivity index (χ4v) is 10.3. The van der Waals surface area contributed by atoms with Gasteiger partial charge in [0, 0.05) is 49.1 Å². The SMILES string of the molecule is CC1(C)c2ccccc2-c2c1ccc1cc3c4ccccc4n(-c4ccc(-n5c6ccccc6c6cc7ccc8oc9ccccc9c8c7cc65)cc4)c3cc21. The van der Waals surface area contributed by atoms with E-state index >= 15 is 0 Å². The average Bonchev–Trinajstić information content (AvgIpc) is 3.94. The lowest BCUT2D eigenvalue weighted by Crippen LogP contribution is -2.14. The van der Waals surface area contributed by atoms with Gasteiger partial charge in [-0.25, -0.2) is 0 Å². The highest BCUT2D eigenvalue weighted by Crippen LogP contribution is 2.52. The van der Waals surface area contributed by atoms with Crippen LogP contribution in [0.1, 0.15) is 25.0 Å². The van der Waals surface area contributed by atoms with E-state index in [1.165, 1.54) is 92.8 Å². The van der Waals surface area contributed by atoms with Gasteiger partial charge in [-0.1, -0.05) is 111 Å². The van der Waals surface area contributed by atoms with Crippen molar-refractivity contribution >= 4 is 87.1 Å². The van der Waals surface area contributed by atoms with Crippen LogP contribution in [0.5, 0.6) is 0 Å². The summed E-state index contributed by atoms with van der Waals surface area (Å²) in [6.07, 6.45) is 0. The average molecular weight is 715 g/mol. The van der Waals surface area contributed by atoms with Gasteiger partial charge in [0.25, 0.3) is 0 Å². The molecule has 0 N–H and O–H groups in total. The molecule has 0 saturated carbocycles. The van der Waals surface area contributed by atoms with Crippen LogP contribution in [0.3, 0.4) is 0 Å². The van der Waals surface area contributed by atoms with E-state index in [0.29, 0.717) is 0 Å². The Bertz CT molecular complexity index is 3670. The Hall–Kier alpha value is -7.10. The second-order valence-corrected chi connectivity index (χ2v) is 16.1. The number of fused-ring (bicyclic) bond motifs is 16. The number of hydrogen-bond donors (Lipinski definition) is 0. The molecule has 12 aromatic rings. The Labute approximate surface area is 322 Å². The maximum atomic E-state index is 6.32. The third-order valence-corrected chi connectivity index (χ3v) is 12.9. The molecule has 3 heterocycles. The van der Waals surface area contributed by atoms with E-state index in [0.717, 1.165) is 27.9 Å². The lowest BCUT2D eigenvalue weighted by atomic mass is 9.82. The summed E-state index contributed by atoms with van der Waals surface area (Å²) in [5.74, 6) is 0. The van der Waals surface area contributed by atoms with Crippen LogP contribution >= 0.6 is 0 Å². The summed E-state index contributed by atoms with van der Waals surface area (Å²) in [6, 6.07) is 62.7. The van der Waals surface area contributed by atoms with Crippen LogP contribution < -0.4 is 0 Å². The fourth-order valence-electron chi connectivity index (χ4n) is 10.3. The van der Waals surface area contributed by atoms with E-state index in [9.17, 15) is 0 Å². The van der Waals surface area contributed by atoms with Crippen molar-refractivity contribution in [2.75, 3.05) is 0 Å². The number of rotatable bonds is 2. The molecule has 0 amide bonds. The van der Waals surface area contributed by atoms with Gasteiger partial charge in [-0.2, -0.15) is 0 Å². The van der Waals surface area contributed by atoms with Crippen molar-refractivity contribution in [3.63, 3.8) is 0 Å². The van der Waals surface area contributed by atoms with Gasteiger partial charge in [0.2, 0.25) is 0 Å². The minimum atomic E-state index is -0.0466. The molecule has 0 radical (unpaired) electrons. The normalized spacial score (nSPS) is 13.7. The molecule has 13 rings (SSSR count). The number of hydrogen-bond acceptors (Lipinski definition) is 1. The lowest BCUT2D eigenvalue weighted by molar-refractivity contribution is 0.661. The van der Waals surface area contributed by atoms with Gasteiger partial charge in [-0.05, 0) is 117 Å². The predicted octanol–water partition coefficient (Wildman–Crippen LogP) is 14.4. The zero-order valence-corrected chi connectivity index (χ0v) is 31.0. The van der Waals surface area contributed by atoms with E-state index < -0.39 is 0 Å². The minimum absolute atomic E-state index is 0.0466. The molecule has 0 spiro atoms. The van der Waals surface area contributed by atoms with Crippen LogP contribution in [-0.4, -0.2) is 9.13 Å². The van der Waals surface area contributed by atoms with Crippen LogP contribution in [0.4, 0.5) is 0 Å². The summed E-state index contributed by atoms with van der Waals surface area (Å²) >= 11 is 0. The summed E-state index contributed by atoms with van der Waals surface area (Å²) in [7, 11) is 0. The van der Waals surface area contributed by atoms with E-state index in [1.54, 1.807) is 0 Å². The van der Waals surface area contributed by atoms with Gasteiger partial charge in [0.1, 0.15) is 11.2 Å². The second kappa shape index (κ2) is 10.6. The summed E-state index contributed by atoms with van der Waals surface area (Å²) in [6.45, 7) is 4.72. The van der Waals surface area contributed by atoms with Crippen molar-refractivity contribution < 1.29 is 4.42 Å². The molecule has 56 heavy (non-hydrogen) atoms. The van der Waals surface area contributed by atoms with Crippen molar-refractivity contribution in [2.45, 2.75) is 19.3 Å². The number of aromatic nitrogens is 2. The molecular weight excluding hydrogens is 681 g/mol. The van der Waals surface area contributed by atoms with Crippen molar-refractivity contribution in [3.8, 4) is 22.5 Å². The first-order chi connectivity index (χ1) is 27.5. The molecule has 1 aliphatic rings. The Morgan fingerprint density at radius 1 is 0.393 bits per heavy atom. The lowest BCUT2D eigenvalue weighted by Gasteiger charge is -2.21. The molecule has 9 aromatic carbocycles. The van der Waals surface area contributed by atoms with Crippen LogP contribution in [0.25, 0.3) is 110 Å². The first kappa shape index (κ1) is 30.3. The number of furan rings is 1. The number of nitrogens with zero attached hydrogens (tertiary/aromatic N) is 2. The van der Waals surface area contributed by atoms with Crippen LogP contribution in [0, 0.1) is 0 Å². The quantitative estimate of drug-likeness (QED) is 0.175. The molecule has 0 aliphatic heterocycles. The first-order valence-electron chi connectivity index (χ1n) is 19.5. The van der Waals surface area contributed by atoms with Crippen molar-refractivity contribution in [3.05, 3.63) is 181 Å². The summed E-state index contributed by atoms with van der Waals surface area (Å²) in [5.41, 5.74) is 14.4. The molecule has 0 atom stereocenters. The first-order valence-corrected chi connectivity index (χ1v) is 19.5. The maximum absolute atomic E-state index is 6.32. The van der Waals surface area contributed by atoms with Crippen molar-refractivity contribution in [1.82, 2.24) is 9.13 Å². The Kier molecular flexibility index (Phi) is 5.70. The molecule has 3 nitrogen and oxygen atoms in total. The molecule has 0 unspecified atom stereocenters. The molecule has 0 bridgehead atoms. The minimum Gasteiger partial charge on any atom is -0.456 e. The van der Waals surface area contributed by atoms with Gasteiger partial charge in [0.15, 0.2) is 0 Å². The predicted molar refractivity (Wildman–Crippen MR) is 235 cm³/mol. The van der Waals surface area contributed by atoms with Gasteiger partial charge in [-0.15, -0.1) is 0 Å². The van der Waals surface area contributed by atoms with Crippen molar-refractivity contribution in [1.29, 1.82) is 0 Å². The largest absolute Gasteiger partial charge is 0.456 e. The Morgan fingerprint density at radius 2 is 0.946 bits per heavy atom. The van der Waals surface area contributed by atoms with Gasteiger partial charge < -0.3 is 13.6 Å². The van der Waals surface area contributed by atoms with Gasteiger partial charge >= 0.3 is 0 Å². The van der Waals surface area contributed by atoms with E-state index in [4.69, 9.17) is 4.42 Å². The molecule has 1 aliphatic carbocycles. The molecule has 0 fully saturated rings. The van der Waals surface area contributed by atoms with E-state index in [1.807, 2.05) is 6.07 Å². The third kappa shape index (κ3) is 3.82. The third-order valence-electron chi connectivity index (χ3n) is 12.9. The topological polar surface area (TPSA) is 23.0 Å². The second-order valence-electron chi connectivity index (χ2n) is 16.1. The smallest absolute Gasteiger partial charge is 0.136 e. The molecule has 3 aromatic heterocycles. The molecule has 262 valence electrons. The number of para-hydroxylation sites is 3. The number of benzene rings is 9. The maximum Gasteiger partial charge on any atom is 0.136 e. The van der Waals surface area contributed by atoms with Crippen molar-refractivity contribution in [2.24, 2.45) is 0 Å². The summed E-state index contributed by atoms with van der Waals surface area (Å²) in [4.78, 5) is 0. The standard InChI is InChI=1S/C53H34N2O/c1-53(2)43-15-7-3-13-37(43)51-39-29-47-41(27-31(39)19-25-44(51)53)35-11-4-8-16-45(35)54(47)33-21-23-34(24-22-33)55-46-17-9-5-12-36(46)42-28-32-20-26-50-52(40(32)30-48(42)55)38-14-6-10-18-49(38)56-50/h3-30H,1-2H3. The molecule has 0 saturated heterocycles. The van der Waals surface area contributed by atoms with E-state index in [2.05, 4.69) is 187 Å².